The monoisotopic (exact) mass is 187 g/mol. The molecule has 0 spiro atoms. The van der Waals surface area contributed by atoms with E-state index in [0.717, 1.165) is 0 Å². The number of esters is 1. The number of nitrogens with two attached hydrogens (primary N) is 1. The van der Waals surface area contributed by atoms with Crippen molar-refractivity contribution in [1.82, 2.24) is 9.97 Å². The van der Waals surface area contributed by atoms with Gasteiger partial charge in [-0.15, -0.1) is 0 Å². The summed E-state index contributed by atoms with van der Waals surface area (Å²) < 4.78 is 4.41. The van der Waals surface area contributed by atoms with Gasteiger partial charge >= 0.3 is 5.97 Å². The molecule has 0 saturated carbocycles. The van der Waals surface area contributed by atoms with Crippen LogP contribution in [0.2, 0.25) is 5.15 Å². The van der Waals surface area contributed by atoms with Crippen LogP contribution in [0.25, 0.3) is 0 Å². The molecule has 0 aliphatic rings. The van der Waals surface area contributed by atoms with Crippen LogP contribution in [0.15, 0.2) is 6.20 Å². The van der Waals surface area contributed by atoms with Crippen molar-refractivity contribution in [2.24, 2.45) is 0 Å². The van der Waals surface area contributed by atoms with Gasteiger partial charge in [-0.05, 0) is 0 Å². The Kier molecular flexibility index (Phi) is 2.44. The van der Waals surface area contributed by atoms with Crippen LogP contribution in [0.1, 0.15) is 10.4 Å². The zero-order valence-corrected chi connectivity index (χ0v) is 7.00. The summed E-state index contributed by atoms with van der Waals surface area (Å²) in [7, 11) is 1.25. The maximum Gasteiger partial charge on any atom is 0.342 e. The SMILES string of the molecule is COC(=O)c1cnc(N)nc1Cl. The number of nitrogens with zero attached hydrogens (tertiary/aromatic N) is 2. The molecule has 64 valence electrons. The number of anilines is 1. The Morgan fingerprint density at radius 1 is 1.75 bits per heavy atom. The summed E-state index contributed by atoms with van der Waals surface area (Å²) in [6.45, 7) is 0. The van der Waals surface area contributed by atoms with Crippen LogP contribution in [0.4, 0.5) is 5.95 Å². The third-order valence-corrected chi connectivity index (χ3v) is 1.45. The number of hydrogen-bond acceptors (Lipinski definition) is 5. The number of nitrogen functional groups attached to an aromatic ring is 1. The first-order valence-electron chi connectivity index (χ1n) is 3.01. The molecule has 0 bridgehead atoms. The maximum absolute atomic E-state index is 10.9. The van der Waals surface area contributed by atoms with Crippen LogP contribution >= 0.6 is 11.6 Å². The molecule has 12 heavy (non-hydrogen) atoms. The molecule has 0 aromatic carbocycles. The Morgan fingerprint density at radius 3 is 2.92 bits per heavy atom. The van der Waals surface area contributed by atoms with Gasteiger partial charge in [-0.25, -0.2) is 14.8 Å². The Bertz CT molecular complexity index is 316. The van der Waals surface area contributed by atoms with Gasteiger partial charge in [0.15, 0.2) is 0 Å². The number of carbonyl (C=O) groups excluding carboxylic acids is 1. The molecule has 0 radical (unpaired) electrons. The second kappa shape index (κ2) is 3.36. The summed E-state index contributed by atoms with van der Waals surface area (Å²) in [5, 5.41) is -0.00523. The minimum Gasteiger partial charge on any atom is -0.465 e. The van der Waals surface area contributed by atoms with E-state index < -0.39 is 5.97 Å². The van der Waals surface area contributed by atoms with E-state index in [9.17, 15) is 4.79 Å². The maximum atomic E-state index is 10.9. The molecule has 1 aromatic rings. The van der Waals surface area contributed by atoms with Gasteiger partial charge in [0.2, 0.25) is 5.95 Å². The molecule has 2 N–H and O–H groups in total. The van der Waals surface area contributed by atoms with Gasteiger partial charge < -0.3 is 10.5 Å². The van der Waals surface area contributed by atoms with Crippen molar-refractivity contribution in [1.29, 1.82) is 0 Å². The highest BCUT2D eigenvalue weighted by atomic mass is 35.5. The number of rotatable bonds is 1. The van der Waals surface area contributed by atoms with Crippen molar-refractivity contribution in [3.63, 3.8) is 0 Å². The molecule has 6 heteroatoms. The molecule has 1 rings (SSSR count). The normalized spacial score (nSPS) is 9.50. The molecule has 0 saturated heterocycles. The van der Waals surface area contributed by atoms with E-state index in [1.54, 1.807) is 0 Å². The zero-order valence-electron chi connectivity index (χ0n) is 6.24. The van der Waals surface area contributed by atoms with E-state index in [-0.39, 0.29) is 16.7 Å². The highest BCUT2D eigenvalue weighted by molar-refractivity contribution is 6.32. The predicted molar refractivity (Wildman–Crippen MR) is 42.8 cm³/mol. The summed E-state index contributed by atoms with van der Waals surface area (Å²) in [5.41, 5.74) is 5.32. The molecule has 0 fully saturated rings. The number of ether oxygens (including phenoxy) is 1. The van der Waals surface area contributed by atoms with Crippen LogP contribution in [0.3, 0.4) is 0 Å². The quantitative estimate of drug-likeness (QED) is 0.512. The Morgan fingerprint density at radius 2 is 2.42 bits per heavy atom. The summed E-state index contributed by atoms with van der Waals surface area (Å²) in [4.78, 5) is 18.1. The van der Waals surface area contributed by atoms with Crippen molar-refractivity contribution in [3.8, 4) is 0 Å². The highest BCUT2D eigenvalue weighted by Crippen LogP contribution is 2.13. The molecular weight excluding hydrogens is 182 g/mol. The molecule has 0 amide bonds. The van der Waals surface area contributed by atoms with E-state index in [2.05, 4.69) is 14.7 Å². The van der Waals surface area contributed by atoms with E-state index in [4.69, 9.17) is 17.3 Å². The molecule has 1 aromatic heterocycles. The molecule has 0 unspecified atom stereocenters. The summed E-state index contributed by atoms with van der Waals surface area (Å²) in [6, 6.07) is 0. The lowest BCUT2D eigenvalue weighted by Gasteiger charge is -1.99. The molecule has 0 atom stereocenters. The number of carbonyl (C=O) groups is 1. The summed E-state index contributed by atoms with van der Waals surface area (Å²) in [6.07, 6.45) is 1.22. The van der Waals surface area contributed by atoms with Gasteiger partial charge in [-0.2, -0.15) is 0 Å². The Hall–Kier alpha value is -1.36. The minimum absolute atomic E-state index is 0.00523. The molecule has 0 aliphatic heterocycles. The van der Waals surface area contributed by atoms with Crippen LogP contribution in [0, 0.1) is 0 Å². The van der Waals surface area contributed by atoms with Gasteiger partial charge in [-0.3, -0.25) is 0 Å². The smallest absolute Gasteiger partial charge is 0.342 e. The van der Waals surface area contributed by atoms with Crippen molar-refractivity contribution >= 4 is 23.5 Å². The topological polar surface area (TPSA) is 78.1 Å². The average Bonchev–Trinajstić information content (AvgIpc) is 2.03. The highest BCUT2D eigenvalue weighted by Gasteiger charge is 2.11. The van der Waals surface area contributed by atoms with Crippen molar-refractivity contribution < 1.29 is 9.53 Å². The van der Waals surface area contributed by atoms with Crippen LogP contribution < -0.4 is 5.73 Å². The largest absolute Gasteiger partial charge is 0.465 e. The first-order chi connectivity index (χ1) is 5.65. The first-order valence-corrected chi connectivity index (χ1v) is 3.39. The molecular formula is C6H6ClN3O2. The lowest BCUT2D eigenvalue weighted by atomic mass is 10.3. The van der Waals surface area contributed by atoms with Gasteiger partial charge in [-0.1, -0.05) is 11.6 Å². The van der Waals surface area contributed by atoms with Crippen LogP contribution in [-0.4, -0.2) is 23.0 Å². The summed E-state index contributed by atoms with van der Waals surface area (Å²) in [5.74, 6) is -0.562. The second-order valence-corrected chi connectivity index (χ2v) is 2.28. The van der Waals surface area contributed by atoms with E-state index in [1.165, 1.54) is 13.3 Å². The average molecular weight is 188 g/mol. The number of aromatic nitrogens is 2. The summed E-state index contributed by atoms with van der Waals surface area (Å²) >= 11 is 5.57. The fraction of sp³-hybridized carbons (Fsp3) is 0.167. The Balaban J connectivity index is 3.09. The zero-order chi connectivity index (χ0) is 9.14. The lowest BCUT2D eigenvalue weighted by Crippen LogP contribution is -2.06. The lowest BCUT2D eigenvalue weighted by molar-refractivity contribution is 0.0600. The third kappa shape index (κ3) is 1.62. The fourth-order valence-corrected chi connectivity index (χ4v) is 0.833. The second-order valence-electron chi connectivity index (χ2n) is 1.92. The molecule has 5 nitrogen and oxygen atoms in total. The first kappa shape index (κ1) is 8.73. The van der Waals surface area contributed by atoms with Gasteiger partial charge in [0.25, 0.3) is 0 Å². The minimum atomic E-state index is -0.583. The third-order valence-electron chi connectivity index (χ3n) is 1.17. The Labute approximate surface area is 73.5 Å². The van der Waals surface area contributed by atoms with Gasteiger partial charge in [0.1, 0.15) is 10.7 Å². The number of halogens is 1. The molecule has 1 heterocycles. The van der Waals surface area contributed by atoms with E-state index >= 15 is 0 Å². The van der Waals surface area contributed by atoms with Crippen molar-refractivity contribution in [2.45, 2.75) is 0 Å². The van der Waals surface area contributed by atoms with E-state index in [1.807, 2.05) is 0 Å². The van der Waals surface area contributed by atoms with Gasteiger partial charge in [0, 0.05) is 6.20 Å². The van der Waals surface area contributed by atoms with Crippen molar-refractivity contribution in [2.75, 3.05) is 12.8 Å². The van der Waals surface area contributed by atoms with Crippen molar-refractivity contribution in [3.05, 3.63) is 16.9 Å². The number of hydrogen-bond donors (Lipinski definition) is 1. The standard InChI is InChI=1S/C6H6ClN3O2/c1-12-5(11)3-2-9-6(8)10-4(3)7/h2H,1H3,(H2,8,9,10). The van der Waals surface area contributed by atoms with Crippen LogP contribution in [0.5, 0.6) is 0 Å². The van der Waals surface area contributed by atoms with E-state index in [0.29, 0.717) is 0 Å². The van der Waals surface area contributed by atoms with Gasteiger partial charge in [0.05, 0.1) is 7.11 Å². The number of methoxy groups -OCH3 is 1. The molecule has 0 aliphatic carbocycles. The fourth-order valence-electron chi connectivity index (χ4n) is 0.620. The predicted octanol–water partition coefficient (Wildman–Crippen LogP) is 0.499. The van der Waals surface area contributed by atoms with Crippen LogP contribution in [-0.2, 0) is 4.74 Å².